The van der Waals surface area contributed by atoms with Gasteiger partial charge in [0.05, 0.1) is 5.69 Å². The molecule has 0 saturated carbocycles. The Kier molecular flexibility index (Phi) is 7.92. The molecular formula is C21H22Cl2N2O2. The Morgan fingerprint density at radius 3 is 2.44 bits per heavy atom. The number of para-hydroxylation sites is 2. The van der Waals surface area contributed by atoms with E-state index in [0.717, 1.165) is 17.2 Å². The molecule has 1 aliphatic heterocycles. The van der Waals surface area contributed by atoms with E-state index < -0.39 is 0 Å². The van der Waals surface area contributed by atoms with E-state index in [9.17, 15) is 0 Å². The Balaban J connectivity index is 0.00000131. The van der Waals surface area contributed by atoms with Gasteiger partial charge in [-0.3, -0.25) is 4.98 Å². The first-order valence-electron chi connectivity index (χ1n) is 8.48. The predicted octanol–water partition coefficient (Wildman–Crippen LogP) is 4.52. The van der Waals surface area contributed by atoms with Crippen molar-refractivity contribution in [3.63, 3.8) is 0 Å². The minimum Gasteiger partial charge on any atom is -0.486 e. The highest BCUT2D eigenvalue weighted by Gasteiger charge is 2.19. The molecule has 0 spiro atoms. The summed E-state index contributed by atoms with van der Waals surface area (Å²) in [5.41, 5.74) is 3.39. The standard InChI is InChI=1S/C21H20N2O2.2ClH/c1-2-6-16(7-3-1)17-10-11-23-18(12-17)13-22-14-19-15-24-20-8-4-5-9-21(20)25-19;;/h1-12,19,22H,13-15H2;2*1H. The highest BCUT2D eigenvalue weighted by Crippen LogP contribution is 2.30. The van der Waals surface area contributed by atoms with Gasteiger partial charge in [-0.1, -0.05) is 42.5 Å². The minimum absolute atomic E-state index is 0. The van der Waals surface area contributed by atoms with Gasteiger partial charge in [0, 0.05) is 19.3 Å². The molecule has 6 heteroatoms. The molecule has 2 aromatic carbocycles. The van der Waals surface area contributed by atoms with Crippen molar-refractivity contribution in [2.24, 2.45) is 0 Å². The van der Waals surface area contributed by atoms with Gasteiger partial charge in [-0.2, -0.15) is 0 Å². The van der Waals surface area contributed by atoms with Crippen molar-refractivity contribution in [3.8, 4) is 22.6 Å². The molecule has 0 saturated heterocycles. The lowest BCUT2D eigenvalue weighted by Gasteiger charge is -2.26. The molecule has 3 aromatic rings. The average molecular weight is 405 g/mol. The Labute approximate surface area is 171 Å². The molecule has 1 aromatic heterocycles. The predicted molar refractivity (Wildman–Crippen MR) is 112 cm³/mol. The summed E-state index contributed by atoms with van der Waals surface area (Å²) in [5, 5.41) is 3.41. The number of pyridine rings is 1. The molecular weight excluding hydrogens is 383 g/mol. The van der Waals surface area contributed by atoms with Gasteiger partial charge in [0.1, 0.15) is 12.7 Å². The highest BCUT2D eigenvalue weighted by atomic mass is 35.5. The van der Waals surface area contributed by atoms with Crippen LogP contribution in [0.25, 0.3) is 11.1 Å². The number of fused-ring (bicyclic) bond motifs is 1. The molecule has 0 fully saturated rings. The SMILES string of the molecule is Cl.Cl.c1ccc(-c2ccnc(CNCC3COc4ccccc4O3)c2)cc1. The zero-order valence-electron chi connectivity index (χ0n) is 14.7. The summed E-state index contributed by atoms with van der Waals surface area (Å²) >= 11 is 0. The Bertz CT molecular complexity index is 846. The van der Waals surface area contributed by atoms with Gasteiger partial charge in [-0.15, -0.1) is 24.8 Å². The smallest absolute Gasteiger partial charge is 0.161 e. The number of aromatic nitrogens is 1. The van der Waals surface area contributed by atoms with Gasteiger partial charge in [-0.05, 0) is 35.4 Å². The van der Waals surface area contributed by atoms with Crippen molar-refractivity contribution in [1.29, 1.82) is 0 Å². The molecule has 2 heterocycles. The van der Waals surface area contributed by atoms with Crippen molar-refractivity contribution < 1.29 is 9.47 Å². The first-order chi connectivity index (χ1) is 12.4. The van der Waals surface area contributed by atoms with Crippen molar-refractivity contribution in [2.45, 2.75) is 12.6 Å². The van der Waals surface area contributed by atoms with Crippen LogP contribution in [-0.4, -0.2) is 24.2 Å². The summed E-state index contributed by atoms with van der Waals surface area (Å²) in [7, 11) is 0. The van der Waals surface area contributed by atoms with E-state index in [2.05, 4.69) is 28.5 Å². The number of hydrogen-bond acceptors (Lipinski definition) is 4. The number of ether oxygens (including phenoxy) is 2. The van der Waals surface area contributed by atoms with Crippen LogP contribution in [0.3, 0.4) is 0 Å². The summed E-state index contributed by atoms with van der Waals surface area (Å²) < 4.78 is 11.7. The van der Waals surface area contributed by atoms with Crippen LogP contribution in [-0.2, 0) is 6.54 Å². The van der Waals surface area contributed by atoms with E-state index >= 15 is 0 Å². The molecule has 142 valence electrons. The maximum absolute atomic E-state index is 5.96. The third kappa shape index (κ3) is 5.36. The van der Waals surface area contributed by atoms with Crippen LogP contribution < -0.4 is 14.8 Å². The van der Waals surface area contributed by atoms with Crippen LogP contribution in [0.5, 0.6) is 11.5 Å². The monoisotopic (exact) mass is 404 g/mol. The summed E-state index contributed by atoms with van der Waals surface area (Å²) in [6, 6.07) is 22.3. The van der Waals surface area contributed by atoms with Gasteiger partial charge in [0.15, 0.2) is 11.5 Å². The largest absolute Gasteiger partial charge is 0.486 e. The highest BCUT2D eigenvalue weighted by molar-refractivity contribution is 5.85. The number of rotatable bonds is 5. The first-order valence-corrected chi connectivity index (χ1v) is 8.48. The molecule has 1 N–H and O–H groups in total. The Hall–Kier alpha value is -2.27. The van der Waals surface area contributed by atoms with Crippen molar-refractivity contribution in [1.82, 2.24) is 10.3 Å². The Morgan fingerprint density at radius 2 is 1.63 bits per heavy atom. The lowest BCUT2D eigenvalue weighted by molar-refractivity contribution is 0.0901. The van der Waals surface area contributed by atoms with Gasteiger partial charge in [0.2, 0.25) is 0 Å². The molecule has 1 atom stereocenters. The van der Waals surface area contributed by atoms with Crippen LogP contribution in [0.1, 0.15) is 5.69 Å². The summed E-state index contributed by atoms with van der Waals surface area (Å²) in [6.45, 7) is 1.97. The lowest BCUT2D eigenvalue weighted by atomic mass is 10.1. The molecule has 1 unspecified atom stereocenters. The van der Waals surface area contributed by atoms with Gasteiger partial charge >= 0.3 is 0 Å². The normalized spacial score (nSPS) is 14.6. The molecule has 0 aliphatic carbocycles. The van der Waals surface area contributed by atoms with Gasteiger partial charge < -0.3 is 14.8 Å². The van der Waals surface area contributed by atoms with E-state index in [1.54, 1.807) is 0 Å². The fourth-order valence-electron chi connectivity index (χ4n) is 2.91. The van der Waals surface area contributed by atoms with Crippen molar-refractivity contribution in [3.05, 3.63) is 78.6 Å². The molecule has 4 rings (SSSR count). The summed E-state index contributed by atoms with van der Waals surface area (Å²) in [5.74, 6) is 1.63. The van der Waals surface area contributed by atoms with Gasteiger partial charge in [0.25, 0.3) is 0 Å². The molecule has 0 amide bonds. The van der Waals surface area contributed by atoms with Crippen LogP contribution >= 0.6 is 24.8 Å². The number of nitrogens with zero attached hydrogens (tertiary/aromatic N) is 1. The summed E-state index contributed by atoms with van der Waals surface area (Å²) in [4.78, 5) is 4.45. The third-order valence-electron chi connectivity index (χ3n) is 4.17. The molecule has 0 radical (unpaired) electrons. The fourth-order valence-corrected chi connectivity index (χ4v) is 2.91. The fraction of sp³-hybridized carbons (Fsp3) is 0.190. The number of halogens is 2. The second-order valence-corrected chi connectivity index (χ2v) is 6.03. The third-order valence-corrected chi connectivity index (χ3v) is 4.17. The number of nitrogens with one attached hydrogen (secondary N) is 1. The number of hydrogen-bond donors (Lipinski definition) is 1. The van der Waals surface area contributed by atoms with E-state index in [1.165, 1.54) is 11.1 Å². The second kappa shape index (κ2) is 10.2. The van der Waals surface area contributed by atoms with E-state index in [0.29, 0.717) is 19.7 Å². The lowest BCUT2D eigenvalue weighted by Crippen LogP contribution is -2.38. The van der Waals surface area contributed by atoms with E-state index in [1.807, 2.05) is 54.7 Å². The second-order valence-electron chi connectivity index (χ2n) is 6.03. The van der Waals surface area contributed by atoms with E-state index in [4.69, 9.17) is 9.47 Å². The van der Waals surface area contributed by atoms with Crippen LogP contribution in [0.15, 0.2) is 72.9 Å². The maximum atomic E-state index is 5.96. The van der Waals surface area contributed by atoms with Crippen LogP contribution in [0.2, 0.25) is 0 Å². The van der Waals surface area contributed by atoms with Gasteiger partial charge in [-0.25, -0.2) is 0 Å². The zero-order valence-corrected chi connectivity index (χ0v) is 16.3. The maximum Gasteiger partial charge on any atom is 0.161 e. The van der Waals surface area contributed by atoms with Crippen LogP contribution in [0.4, 0.5) is 0 Å². The minimum atomic E-state index is 0. The molecule has 1 aliphatic rings. The van der Waals surface area contributed by atoms with Crippen molar-refractivity contribution >= 4 is 24.8 Å². The topological polar surface area (TPSA) is 43.4 Å². The van der Waals surface area contributed by atoms with Crippen LogP contribution in [0, 0.1) is 0 Å². The average Bonchev–Trinajstić information content (AvgIpc) is 2.69. The molecule has 27 heavy (non-hydrogen) atoms. The quantitative estimate of drug-likeness (QED) is 0.678. The zero-order chi connectivity index (χ0) is 16.9. The first kappa shape index (κ1) is 21.0. The summed E-state index contributed by atoms with van der Waals surface area (Å²) in [6.07, 6.45) is 1.86. The molecule has 0 bridgehead atoms. The van der Waals surface area contributed by atoms with Crippen molar-refractivity contribution in [2.75, 3.05) is 13.2 Å². The Morgan fingerprint density at radius 1 is 0.889 bits per heavy atom. The molecule has 4 nitrogen and oxygen atoms in total. The van der Waals surface area contributed by atoms with E-state index in [-0.39, 0.29) is 30.9 Å². The number of benzene rings is 2.